The fraction of sp³-hybridized carbons (Fsp3) is 0.333. The highest BCUT2D eigenvalue weighted by Crippen LogP contribution is 2.30. The van der Waals surface area contributed by atoms with E-state index in [9.17, 15) is 0 Å². The molecule has 0 spiro atoms. The van der Waals surface area contributed by atoms with Crippen molar-refractivity contribution in [1.82, 2.24) is 9.97 Å². The summed E-state index contributed by atoms with van der Waals surface area (Å²) in [6.07, 6.45) is 3.74. The summed E-state index contributed by atoms with van der Waals surface area (Å²) in [6.45, 7) is 5.45. The van der Waals surface area contributed by atoms with E-state index in [1.807, 2.05) is 6.07 Å². The van der Waals surface area contributed by atoms with Gasteiger partial charge in [-0.25, -0.2) is 9.97 Å². The molecule has 24 heavy (non-hydrogen) atoms. The zero-order valence-corrected chi connectivity index (χ0v) is 14.4. The molecule has 122 valence electrons. The topological polar surface area (TPSA) is 29.0 Å². The quantitative estimate of drug-likeness (QED) is 0.667. The minimum Gasteiger partial charge on any atom is -0.338 e. The molecule has 2 heterocycles. The number of hydrogen-bond donors (Lipinski definition) is 0. The lowest BCUT2D eigenvalue weighted by Crippen LogP contribution is -2.38. The van der Waals surface area contributed by atoms with E-state index in [-0.39, 0.29) is 0 Å². The van der Waals surface area contributed by atoms with E-state index < -0.39 is 0 Å². The molecule has 0 amide bonds. The summed E-state index contributed by atoms with van der Waals surface area (Å²) in [6, 6.07) is 17.4. The van der Waals surface area contributed by atoms with Gasteiger partial charge in [0.25, 0.3) is 0 Å². The van der Waals surface area contributed by atoms with E-state index in [1.54, 1.807) is 0 Å². The molecule has 1 aliphatic heterocycles. The van der Waals surface area contributed by atoms with Crippen LogP contribution < -0.4 is 4.90 Å². The second-order valence-corrected chi connectivity index (χ2v) is 6.80. The molecule has 1 aliphatic rings. The number of fused-ring (bicyclic) bond motifs is 1. The summed E-state index contributed by atoms with van der Waals surface area (Å²) in [5.74, 6) is 0.874. The minimum atomic E-state index is 0.504. The van der Waals surface area contributed by atoms with Crippen LogP contribution in [0.2, 0.25) is 0 Å². The van der Waals surface area contributed by atoms with Crippen LogP contribution in [0.3, 0.4) is 0 Å². The number of aromatic nitrogens is 2. The molecule has 4 rings (SSSR count). The molecule has 1 fully saturated rings. The van der Waals surface area contributed by atoms with Gasteiger partial charge in [0.2, 0.25) is 5.95 Å². The van der Waals surface area contributed by atoms with Gasteiger partial charge in [-0.2, -0.15) is 0 Å². The Labute approximate surface area is 143 Å². The van der Waals surface area contributed by atoms with Crippen molar-refractivity contribution in [2.24, 2.45) is 0 Å². The molecular weight excluding hydrogens is 294 g/mol. The van der Waals surface area contributed by atoms with Crippen LogP contribution in [0, 0.1) is 6.92 Å². The first-order chi connectivity index (χ1) is 11.7. The van der Waals surface area contributed by atoms with Gasteiger partial charge >= 0.3 is 0 Å². The fourth-order valence-electron chi connectivity index (χ4n) is 3.57. The Morgan fingerprint density at radius 2 is 1.83 bits per heavy atom. The average molecular weight is 317 g/mol. The summed E-state index contributed by atoms with van der Waals surface area (Å²) in [7, 11) is 0. The highest BCUT2D eigenvalue weighted by molar-refractivity contribution is 5.93. The van der Waals surface area contributed by atoms with Crippen molar-refractivity contribution in [2.45, 2.75) is 39.2 Å². The van der Waals surface area contributed by atoms with Gasteiger partial charge in [-0.1, -0.05) is 42.5 Å². The number of rotatable bonds is 2. The van der Waals surface area contributed by atoms with Gasteiger partial charge in [-0.05, 0) is 44.7 Å². The van der Waals surface area contributed by atoms with Crippen LogP contribution in [0.4, 0.5) is 5.95 Å². The van der Waals surface area contributed by atoms with E-state index in [2.05, 4.69) is 61.2 Å². The molecule has 1 aromatic heterocycles. The molecule has 0 N–H and O–H groups in total. The van der Waals surface area contributed by atoms with Crippen molar-refractivity contribution in [3.8, 4) is 11.3 Å². The lowest BCUT2D eigenvalue weighted by Gasteiger charge is -2.33. The zero-order valence-electron chi connectivity index (χ0n) is 14.4. The van der Waals surface area contributed by atoms with Crippen LogP contribution >= 0.6 is 0 Å². The first kappa shape index (κ1) is 15.1. The Hall–Kier alpha value is -2.42. The predicted molar refractivity (Wildman–Crippen MR) is 100 cm³/mol. The third kappa shape index (κ3) is 2.75. The molecule has 3 nitrogen and oxygen atoms in total. The maximum Gasteiger partial charge on any atom is 0.226 e. The maximum absolute atomic E-state index is 4.99. The van der Waals surface area contributed by atoms with Gasteiger partial charge in [0.1, 0.15) is 0 Å². The lowest BCUT2D eigenvalue weighted by molar-refractivity contribution is 0.478. The first-order valence-corrected chi connectivity index (χ1v) is 8.83. The third-order valence-corrected chi connectivity index (χ3v) is 4.95. The van der Waals surface area contributed by atoms with Crippen molar-refractivity contribution in [2.75, 3.05) is 11.4 Å². The predicted octanol–water partition coefficient (Wildman–Crippen LogP) is 4.98. The monoisotopic (exact) mass is 317 g/mol. The number of hydrogen-bond acceptors (Lipinski definition) is 3. The molecule has 0 aliphatic carbocycles. The molecule has 0 unspecified atom stereocenters. The van der Waals surface area contributed by atoms with Gasteiger partial charge in [0.05, 0.1) is 11.2 Å². The van der Waals surface area contributed by atoms with Gasteiger partial charge in [0.15, 0.2) is 0 Å². The number of anilines is 1. The van der Waals surface area contributed by atoms with E-state index in [0.29, 0.717) is 6.04 Å². The fourth-order valence-corrected chi connectivity index (χ4v) is 3.57. The molecule has 3 heteroatoms. The number of benzene rings is 2. The largest absolute Gasteiger partial charge is 0.338 e. The van der Waals surface area contributed by atoms with Crippen molar-refractivity contribution in [1.29, 1.82) is 0 Å². The van der Waals surface area contributed by atoms with Gasteiger partial charge in [-0.15, -0.1) is 0 Å². The van der Waals surface area contributed by atoms with Crippen LogP contribution in [0.15, 0.2) is 48.5 Å². The Morgan fingerprint density at radius 3 is 2.62 bits per heavy atom. The molecule has 1 saturated heterocycles. The second kappa shape index (κ2) is 6.23. The standard InChI is InChI=1S/C21H23N3/c1-15-11-12-18-19(14-15)22-21(24-13-7-6-8-16(24)2)23-20(18)17-9-4-3-5-10-17/h3-5,9-12,14,16H,6-8,13H2,1-2H3/t16-/m0/s1. The molecule has 0 bridgehead atoms. The van der Waals surface area contributed by atoms with Crippen molar-refractivity contribution < 1.29 is 0 Å². The number of aryl methyl sites for hydroxylation is 1. The average Bonchev–Trinajstić information content (AvgIpc) is 2.61. The summed E-state index contributed by atoms with van der Waals surface area (Å²) < 4.78 is 0. The van der Waals surface area contributed by atoms with Gasteiger partial charge in [-0.3, -0.25) is 0 Å². The van der Waals surface area contributed by atoms with E-state index >= 15 is 0 Å². The van der Waals surface area contributed by atoms with Crippen LogP contribution in [-0.2, 0) is 0 Å². The molecule has 1 atom stereocenters. The molecule has 3 aromatic rings. The number of nitrogens with zero attached hydrogens (tertiary/aromatic N) is 3. The van der Waals surface area contributed by atoms with Crippen molar-refractivity contribution in [3.63, 3.8) is 0 Å². The van der Waals surface area contributed by atoms with Gasteiger partial charge < -0.3 is 4.90 Å². The molecule has 0 radical (unpaired) electrons. The van der Waals surface area contributed by atoms with E-state index in [1.165, 1.54) is 24.8 Å². The summed E-state index contributed by atoms with van der Waals surface area (Å²) in [5, 5.41) is 1.13. The Morgan fingerprint density at radius 1 is 1.00 bits per heavy atom. The van der Waals surface area contributed by atoms with Crippen LogP contribution in [0.1, 0.15) is 31.7 Å². The normalized spacial score (nSPS) is 18.1. The van der Waals surface area contributed by atoms with Crippen LogP contribution in [0.5, 0.6) is 0 Å². The third-order valence-electron chi connectivity index (χ3n) is 4.95. The van der Waals surface area contributed by atoms with Crippen molar-refractivity contribution in [3.05, 3.63) is 54.1 Å². The van der Waals surface area contributed by atoms with Gasteiger partial charge in [0, 0.05) is 23.5 Å². The molecule has 0 saturated carbocycles. The Bertz CT molecular complexity index is 858. The Kier molecular flexibility index (Phi) is 3.93. The van der Waals surface area contributed by atoms with Crippen LogP contribution in [0.25, 0.3) is 22.2 Å². The highest BCUT2D eigenvalue weighted by Gasteiger charge is 2.22. The van der Waals surface area contributed by atoms with Crippen molar-refractivity contribution >= 4 is 16.9 Å². The lowest BCUT2D eigenvalue weighted by atomic mass is 10.0. The SMILES string of the molecule is Cc1ccc2c(-c3ccccc3)nc(N3CCCC[C@@H]3C)nc2c1. The summed E-state index contributed by atoms with van der Waals surface area (Å²) >= 11 is 0. The summed E-state index contributed by atoms with van der Waals surface area (Å²) in [4.78, 5) is 12.3. The molecule has 2 aromatic carbocycles. The van der Waals surface area contributed by atoms with Crippen LogP contribution in [-0.4, -0.2) is 22.6 Å². The maximum atomic E-state index is 4.99. The summed E-state index contributed by atoms with van der Waals surface area (Å²) in [5.41, 5.74) is 4.46. The molecular formula is C21H23N3. The highest BCUT2D eigenvalue weighted by atomic mass is 15.3. The Balaban J connectivity index is 1.92. The minimum absolute atomic E-state index is 0.504. The first-order valence-electron chi connectivity index (χ1n) is 8.83. The second-order valence-electron chi connectivity index (χ2n) is 6.80. The number of piperidine rings is 1. The van der Waals surface area contributed by atoms with E-state index in [4.69, 9.17) is 9.97 Å². The zero-order chi connectivity index (χ0) is 16.5. The smallest absolute Gasteiger partial charge is 0.226 e. The van der Waals surface area contributed by atoms with E-state index in [0.717, 1.165) is 34.7 Å².